The molecule has 1 saturated heterocycles. The van der Waals surface area contributed by atoms with Gasteiger partial charge in [-0.25, -0.2) is 0 Å². The first kappa shape index (κ1) is 14.3. The van der Waals surface area contributed by atoms with Crippen molar-refractivity contribution in [2.45, 2.75) is 24.9 Å². The lowest BCUT2D eigenvalue weighted by Crippen LogP contribution is -2.68. The van der Waals surface area contributed by atoms with Crippen LogP contribution in [0.15, 0.2) is 24.3 Å². The number of likely N-dealkylation sites (N-methyl/N-ethyl adjacent to an activating group) is 1. The third-order valence-electron chi connectivity index (χ3n) is 4.07. The van der Waals surface area contributed by atoms with Gasteiger partial charge < -0.3 is 10.4 Å². The molecule has 0 spiro atoms. The van der Waals surface area contributed by atoms with Crippen LogP contribution in [0.2, 0.25) is 5.02 Å². The van der Waals surface area contributed by atoms with Crippen LogP contribution in [-0.2, 0) is 4.79 Å². The Morgan fingerprint density at radius 1 is 1.53 bits per heavy atom. The number of carboxylic acids is 1. The molecular formula is C14H19ClN2O2. The first-order valence-electron chi connectivity index (χ1n) is 6.36. The normalized spacial score (nSPS) is 18.9. The zero-order valence-corrected chi connectivity index (χ0v) is 11.9. The summed E-state index contributed by atoms with van der Waals surface area (Å²) in [5.74, 6) is -0.764. The van der Waals surface area contributed by atoms with E-state index in [1.54, 1.807) is 0 Å². The predicted molar refractivity (Wildman–Crippen MR) is 75.5 cm³/mol. The van der Waals surface area contributed by atoms with Gasteiger partial charge in [0.2, 0.25) is 0 Å². The molecule has 1 heterocycles. The zero-order valence-electron chi connectivity index (χ0n) is 11.2. The van der Waals surface area contributed by atoms with Crippen molar-refractivity contribution in [3.8, 4) is 0 Å². The molecule has 2 rings (SSSR count). The van der Waals surface area contributed by atoms with E-state index in [2.05, 4.69) is 17.1 Å². The van der Waals surface area contributed by atoms with Gasteiger partial charge in [0.25, 0.3) is 0 Å². The summed E-state index contributed by atoms with van der Waals surface area (Å²) >= 11 is 6.22. The summed E-state index contributed by atoms with van der Waals surface area (Å²) in [5.41, 5.74) is 0.716. The maximum atomic E-state index is 11.1. The van der Waals surface area contributed by atoms with Crippen molar-refractivity contribution in [2.75, 3.05) is 20.1 Å². The molecular weight excluding hydrogens is 264 g/mol. The highest BCUT2D eigenvalue weighted by Gasteiger charge is 2.44. The number of carbonyl (C=O) groups is 1. The van der Waals surface area contributed by atoms with Crippen molar-refractivity contribution in [2.24, 2.45) is 0 Å². The number of benzene rings is 1. The van der Waals surface area contributed by atoms with E-state index in [0.717, 1.165) is 10.6 Å². The molecule has 0 aliphatic carbocycles. The van der Waals surface area contributed by atoms with Crippen molar-refractivity contribution in [1.29, 1.82) is 0 Å². The van der Waals surface area contributed by atoms with E-state index < -0.39 is 5.97 Å². The minimum Gasteiger partial charge on any atom is -0.481 e. The fourth-order valence-corrected chi connectivity index (χ4v) is 2.92. The minimum atomic E-state index is -0.764. The molecule has 1 aromatic rings. The number of hydrogen-bond donors (Lipinski definition) is 2. The smallest absolute Gasteiger partial charge is 0.305 e. The zero-order chi connectivity index (χ0) is 14.0. The second-order valence-corrected chi connectivity index (χ2v) is 5.61. The average molecular weight is 283 g/mol. The molecule has 0 aromatic heterocycles. The molecule has 1 aliphatic heterocycles. The second-order valence-electron chi connectivity index (χ2n) is 5.21. The Labute approximate surface area is 118 Å². The second kappa shape index (κ2) is 5.49. The molecule has 1 unspecified atom stereocenters. The van der Waals surface area contributed by atoms with Crippen LogP contribution in [0.3, 0.4) is 0 Å². The number of nitrogens with zero attached hydrogens (tertiary/aromatic N) is 1. The lowest BCUT2D eigenvalue weighted by molar-refractivity contribution is -0.142. The Bertz CT molecular complexity index is 474. The Hall–Kier alpha value is -1.10. The van der Waals surface area contributed by atoms with Crippen LogP contribution >= 0.6 is 11.6 Å². The van der Waals surface area contributed by atoms with E-state index in [1.807, 2.05) is 31.3 Å². The van der Waals surface area contributed by atoms with Crippen molar-refractivity contribution in [1.82, 2.24) is 10.2 Å². The van der Waals surface area contributed by atoms with Gasteiger partial charge in [0.05, 0.1) is 12.0 Å². The first-order chi connectivity index (χ1) is 8.96. The largest absolute Gasteiger partial charge is 0.481 e. The van der Waals surface area contributed by atoms with E-state index in [9.17, 15) is 4.79 Å². The van der Waals surface area contributed by atoms with Gasteiger partial charge in [-0.05, 0) is 25.6 Å². The van der Waals surface area contributed by atoms with E-state index in [-0.39, 0.29) is 18.0 Å². The molecule has 104 valence electrons. The maximum absolute atomic E-state index is 11.1. The summed E-state index contributed by atoms with van der Waals surface area (Å²) < 4.78 is 0. The van der Waals surface area contributed by atoms with E-state index in [0.29, 0.717) is 13.1 Å². The summed E-state index contributed by atoms with van der Waals surface area (Å²) in [7, 11) is 1.97. The number of halogens is 1. The molecule has 1 aliphatic rings. The molecule has 1 atom stereocenters. The first-order valence-corrected chi connectivity index (χ1v) is 6.74. The molecule has 0 bridgehead atoms. The van der Waals surface area contributed by atoms with Gasteiger partial charge in [-0.3, -0.25) is 9.69 Å². The molecule has 0 radical (unpaired) electrons. The van der Waals surface area contributed by atoms with Crippen molar-refractivity contribution in [3.63, 3.8) is 0 Å². The Balaban J connectivity index is 2.21. The number of nitrogens with one attached hydrogen (secondary N) is 1. The van der Waals surface area contributed by atoms with Crippen LogP contribution in [0.1, 0.15) is 24.9 Å². The molecule has 0 saturated carbocycles. The quantitative estimate of drug-likeness (QED) is 0.869. The van der Waals surface area contributed by atoms with E-state index >= 15 is 0 Å². The number of carboxylic acid groups (broad SMARTS) is 1. The summed E-state index contributed by atoms with van der Waals surface area (Å²) in [6.45, 7) is 3.46. The van der Waals surface area contributed by atoms with E-state index in [1.165, 1.54) is 0 Å². The predicted octanol–water partition coefficient (Wildman–Crippen LogP) is 2.15. The van der Waals surface area contributed by atoms with Crippen LogP contribution in [-0.4, -0.2) is 41.7 Å². The topological polar surface area (TPSA) is 52.6 Å². The molecule has 5 heteroatoms. The molecule has 0 amide bonds. The SMILES string of the molecule is CC(c1ccccc1Cl)N(C)C1(CC(=O)O)CNC1. The highest BCUT2D eigenvalue weighted by molar-refractivity contribution is 6.31. The van der Waals surface area contributed by atoms with Crippen molar-refractivity contribution in [3.05, 3.63) is 34.9 Å². The van der Waals surface area contributed by atoms with Crippen molar-refractivity contribution < 1.29 is 9.90 Å². The maximum Gasteiger partial charge on any atom is 0.305 e. The lowest BCUT2D eigenvalue weighted by Gasteiger charge is -2.51. The van der Waals surface area contributed by atoms with Gasteiger partial charge in [-0.2, -0.15) is 0 Å². The third kappa shape index (κ3) is 2.76. The van der Waals surface area contributed by atoms with Crippen LogP contribution < -0.4 is 5.32 Å². The number of rotatable bonds is 5. The average Bonchev–Trinajstić information content (AvgIpc) is 2.32. The van der Waals surface area contributed by atoms with Crippen LogP contribution in [0, 0.1) is 0 Å². The monoisotopic (exact) mass is 282 g/mol. The Kier molecular flexibility index (Phi) is 4.13. The van der Waals surface area contributed by atoms with Gasteiger partial charge in [0.1, 0.15) is 0 Å². The minimum absolute atomic E-state index is 0.0788. The van der Waals surface area contributed by atoms with Gasteiger partial charge in [0.15, 0.2) is 0 Å². The van der Waals surface area contributed by atoms with Crippen LogP contribution in [0.4, 0.5) is 0 Å². The number of hydrogen-bond acceptors (Lipinski definition) is 3. The van der Waals surface area contributed by atoms with Gasteiger partial charge in [-0.1, -0.05) is 29.8 Å². The van der Waals surface area contributed by atoms with E-state index in [4.69, 9.17) is 16.7 Å². The fourth-order valence-electron chi connectivity index (χ4n) is 2.63. The van der Waals surface area contributed by atoms with Gasteiger partial charge in [0, 0.05) is 24.2 Å². The Morgan fingerprint density at radius 2 is 2.16 bits per heavy atom. The molecule has 2 N–H and O–H groups in total. The van der Waals surface area contributed by atoms with Crippen LogP contribution in [0.5, 0.6) is 0 Å². The van der Waals surface area contributed by atoms with Crippen LogP contribution in [0.25, 0.3) is 0 Å². The summed E-state index contributed by atoms with van der Waals surface area (Å²) in [4.78, 5) is 13.2. The molecule has 1 fully saturated rings. The molecule has 1 aromatic carbocycles. The highest BCUT2D eigenvalue weighted by Crippen LogP contribution is 2.34. The Morgan fingerprint density at radius 3 is 2.63 bits per heavy atom. The third-order valence-corrected chi connectivity index (χ3v) is 4.42. The number of aliphatic carboxylic acids is 1. The van der Waals surface area contributed by atoms with Gasteiger partial charge in [-0.15, -0.1) is 0 Å². The lowest BCUT2D eigenvalue weighted by atomic mass is 9.85. The standard InChI is InChI=1S/C14H19ClN2O2/c1-10(11-5-3-4-6-12(11)15)17(2)14(7-13(18)19)8-16-9-14/h3-6,10,16H,7-9H2,1-2H3,(H,18,19). The summed E-state index contributed by atoms with van der Waals surface area (Å²) in [6, 6.07) is 7.79. The summed E-state index contributed by atoms with van der Waals surface area (Å²) in [6.07, 6.45) is 0.144. The fraction of sp³-hybridized carbons (Fsp3) is 0.500. The summed E-state index contributed by atoms with van der Waals surface area (Å²) in [5, 5.41) is 13.0. The highest BCUT2D eigenvalue weighted by atomic mass is 35.5. The van der Waals surface area contributed by atoms with Crippen molar-refractivity contribution >= 4 is 17.6 Å². The molecule has 19 heavy (non-hydrogen) atoms. The molecule has 4 nitrogen and oxygen atoms in total. The van der Waals surface area contributed by atoms with Gasteiger partial charge >= 0.3 is 5.97 Å².